The number of rotatable bonds is 3. The van der Waals surface area contributed by atoms with E-state index in [-0.39, 0.29) is 6.04 Å². The van der Waals surface area contributed by atoms with Crippen molar-refractivity contribution in [1.82, 2.24) is 19.8 Å². The van der Waals surface area contributed by atoms with E-state index in [4.69, 9.17) is 10.8 Å². The van der Waals surface area contributed by atoms with Gasteiger partial charge in [0.15, 0.2) is 5.82 Å². The Bertz CT molecular complexity index is 607. The van der Waals surface area contributed by atoms with E-state index < -0.39 is 0 Å². The lowest BCUT2D eigenvalue weighted by Crippen LogP contribution is -2.23. The molecule has 0 spiro atoms. The fourth-order valence-electron chi connectivity index (χ4n) is 3.92. The van der Waals surface area contributed by atoms with Gasteiger partial charge in [0.1, 0.15) is 5.01 Å². The van der Waals surface area contributed by atoms with Gasteiger partial charge in [0.2, 0.25) is 4.96 Å². The monoisotopic (exact) mass is 305 g/mol. The minimum absolute atomic E-state index is 0.0772. The van der Waals surface area contributed by atoms with Crippen LogP contribution in [0.2, 0.25) is 0 Å². The molecule has 0 aliphatic heterocycles. The highest BCUT2D eigenvalue weighted by Gasteiger charge is 2.28. The zero-order valence-corrected chi connectivity index (χ0v) is 13.2. The van der Waals surface area contributed by atoms with Crippen molar-refractivity contribution in [2.24, 2.45) is 11.7 Å². The number of nitrogens with zero attached hydrogens (tertiary/aromatic N) is 4. The van der Waals surface area contributed by atoms with Gasteiger partial charge in [-0.25, -0.2) is 0 Å². The van der Waals surface area contributed by atoms with Crippen LogP contribution in [0.25, 0.3) is 4.96 Å². The molecule has 2 aromatic rings. The lowest BCUT2D eigenvalue weighted by Gasteiger charge is -2.25. The van der Waals surface area contributed by atoms with E-state index in [0.29, 0.717) is 11.8 Å². The topological polar surface area (TPSA) is 69.1 Å². The van der Waals surface area contributed by atoms with Crippen LogP contribution in [0.15, 0.2) is 0 Å². The Balaban J connectivity index is 1.61. The molecule has 6 heteroatoms. The summed E-state index contributed by atoms with van der Waals surface area (Å²) in [5.74, 6) is 2.19. The van der Waals surface area contributed by atoms with E-state index in [1.54, 1.807) is 11.3 Å². The highest BCUT2D eigenvalue weighted by atomic mass is 32.1. The zero-order valence-electron chi connectivity index (χ0n) is 12.4. The van der Waals surface area contributed by atoms with Crippen molar-refractivity contribution in [2.75, 3.05) is 0 Å². The average molecular weight is 305 g/mol. The SMILES string of the molecule is NC(c1nn2c(C3CCCC3)nnc2s1)C1CCCCC1. The second kappa shape index (κ2) is 5.65. The number of fused-ring (bicyclic) bond motifs is 1. The third-order valence-corrected chi connectivity index (χ3v) is 6.19. The molecule has 21 heavy (non-hydrogen) atoms. The molecule has 2 aromatic heterocycles. The standard InChI is InChI=1S/C15H23N5S/c16-12(10-6-2-1-3-7-10)14-19-20-13(11-8-4-5-9-11)17-18-15(20)21-14/h10-12H,1-9,16H2. The first-order chi connectivity index (χ1) is 10.3. The van der Waals surface area contributed by atoms with Gasteiger partial charge in [-0.3, -0.25) is 0 Å². The quantitative estimate of drug-likeness (QED) is 0.943. The third-order valence-electron chi connectivity index (χ3n) is 5.19. The van der Waals surface area contributed by atoms with Gasteiger partial charge in [0.25, 0.3) is 0 Å². The van der Waals surface area contributed by atoms with E-state index in [2.05, 4.69) is 10.2 Å². The molecule has 4 rings (SSSR count). The molecule has 2 aliphatic rings. The Labute approximate surface area is 128 Å². The summed E-state index contributed by atoms with van der Waals surface area (Å²) >= 11 is 1.63. The number of hydrogen-bond acceptors (Lipinski definition) is 5. The molecule has 1 unspecified atom stereocenters. The van der Waals surface area contributed by atoms with Crippen LogP contribution in [0.4, 0.5) is 0 Å². The molecule has 2 heterocycles. The maximum absolute atomic E-state index is 6.48. The highest BCUT2D eigenvalue weighted by molar-refractivity contribution is 7.16. The van der Waals surface area contributed by atoms with Crippen LogP contribution >= 0.6 is 11.3 Å². The van der Waals surface area contributed by atoms with E-state index >= 15 is 0 Å². The van der Waals surface area contributed by atoms with E-state index in [9.17, 15) is 0 Å². The van der Waals surface area contributed by atoms with Crippen LogP contribution in [-0.4, -0.2) is 19.8 Å². The minimum Gasteiger partial charge on any atom is -0.322 e. The Morgan fingerprint density at radius 3 is 2.48 bits per heavy atom. The first kappa shape index (κ1) is 13.6. The predicted molar refractivity (Wildman–Crippen MR) is 83.4 cm³/mol. The van der Waals surface area contributed by atoms with Crippen LogP contribution in [0.5, 0.6) is 0 Å². The Morgan fingerprint density at radius 2 is 1.71 bits per heavy atom. The van der Waals surface area contributed by atoms with Gasteiger partial charge in [-0.1, -0.05) is 43.4 Å². The molecule has 2 N–H and O–H groups in total. The summed E-state index contributed by atoms with van der Waals surface area (Å²) in [5.41, 5.74) is 6.48. The van der Waals surface area contributed by atoms with E-state index in [1.807, 2.05) is 4.52 Å². The van der Waals surface area contributed by atoms with E-state index in [0.717, 1.165) is 15.8 Å². The Morgan fingerprint density at radius 1 is 1.00 bits per heavy atom. The maximum Gasteiger partial charge on any atom is 0.234 e. The van der Waals surface area contributed by atoms with Crippen molar-refractivity contribution in [3.8, 4) is 0 Å². The molecule has 2 fully saturated rings. The lowest BCUT2D eigenvalue weighted by atomic mass is 9.84. The summed E-state index contributed by atoms with van der Waals surface area (Å²) in [4.78, 5) is 0.915. The van der Waals surface area contributed by atoms with Crippen molar-refractivity contribution in [1.29, 1.82) is 0 Å². The van der Waals surface area contributed by atoms with Gasteiger partial charge >= 0.3 is 0 Å². The van der Waals surface area contributed by atoms with Crippen LogP contribution in [0.1, 0.15) is 80.6 Å². The number of hydrogen-bond donors (Lipinski definition) is 1. The van der Waals surface area contributed by atoms with Crippen molar-refractivity contribution >= 4 is 16.3 Å². The summed E-state index contributed by atoms with van der Waals surface area (Å²) in [6, 6.07) is 0.0772. The lowest BCUT2D eigenvalue weighted by molar-refractivity contribution is 0.306. The van der Waals surface area contributed by atoms with Gasteiger partial charge in [-0.15, -0.1) is 10.2 Å². The maximum atomic E-state index is 6.48. The molecule has 1 atom stereocenters. The third kappa shape index (κ3) is 2.48. The van der Waals surface area contributed by atoms with Crippen LogP contribution in [0, 0.1) is 5.92 Å². The molecule has 5 nitrogen and oxygen atoms in total. The van der Waals surface area contributed by atoms with Crippen molar-refractivity contribution in [3.05, 3.63) is 10.8 Å². The van der Waals surface area contributed by atoms with Gasteiger partial charge in [-0.2, -0.15) is 9.61 Å². The summed E-state index contributed by atoms with van der Waals surface area (Å²) in [7, 11) is 0. The molecule has 0 saturated heterocycles. The Kier molecular flexibility index (Phi) is 3.67. The van der Waals surface area contributed by atoms with Gasteiger partial charge < -0.3 is 5.73 Å². The smallest absolute Gasteiger partial charge is 0.234 e. The molecule has 0 radical (unpaired) electrons. The predicted octanol–water partition coefficient (Wildman–Crippen LogP) is 3.42. The number of aromatic nitrogens is 4. The Hall–Kier alpha value is -1.01. The molecule has 0 amide bonds. The summed E-state index contributed by atoms with van der Waals surface area (Å²) in [6.45, 7) is 0. The van der Waals surface area contributed by atoms with Crippen LogP contribution in [-0.2, 0) is 0 Å². The number of nitrogens with two attached hydrogens (primary N) is 1. The van der Waals surface area contributed by atoms with Crippen molar-refractivity contribution < 1.29 is 0 Å². The van der Waals surface area contributed by atoms with Crippen molar-refractivity contribution in [3.63, 3.8) is 0 Å². The molecule has 0 aromatic carbocycles. The second-order valence-electron chi connectivity index (χ2n) is 6.60. The minimum atomic E-state index is 0.0772. The van der Waals surface area contributed by atoms with Crippen molar-refractivity contribution in [2.45, 2.75) is 69.7 Å². The van der Waals surface area contributed by atoms with Gasteiger partial charge in [0.05, 0.1) is 6.04 Å². The summed E-state index contributed by atoms with van der Waals surface area (Å²) < 4.78 is 1.97. The molecular formula is C15H23N5S. The molecular weight excluding hydrogens is 282 g/mol. The van der Waals surface area contributed by atoms with Gasteiger partial charge in [0, 0.05) is 5.92 Å². The summed E-state index contributed by atoms with van der Waals surface area (Å²) in [6.07, 6.45) is 11.5. The molecule has 114 valence electrons. The average Bonchev–Trinajstić information content (AvgIpc) is 3.23. The molecule has 2 aliphatic carbocycles. The van der Waals surface area contributed by atoms with Crippen LogP contribution < -0.4 is 5.73 Å². The normalized spacial score (nSPS) is 23.1. The first-order valence-corrected chi connectivity index (χ1v) is 9.12. The molecule has 2 saturated carbocycles. The highest BCUT2D eigenvalue weighted by Crippen LogP contribution is 2.36. The molecule has 0 bridgehead atoms. The fraction of sp³-hybridized carbons (Fsp3) is 0.800. The largest absolute Gasteiger partial charge is 0.322 e. The van der Waals surface area contributed by atoms with Crippen LogP contribution in [0.3, 0.4) is 0 Å². The zero-order chi connectivity index (χ0) is 14.2. The van der Waals surface area contributed by atoms with Gasteiger partial charge in [-0.05, 0) is 31.6 Å². The summed E-state index contributed by atoms with van der Waals surface area (Å²) in [5, 5.41) is 14.5. The first-order valence-electron chi connectivity index (χ1n) is 8.30. The fourth-order valence-corrected chi connectivity index (χ4v) is 4.86. The van der Waals surface area contributed by atoms with E-state index in [1.165, 1.54) is 57.8 Å². The second-order valence-corrected chi connectivity index (χ2v) is 7.59.